The van der Waals surface area contributed by atoms with Crippen LogP contribution in [0.25, 0.3) is 0 Å². The molecule has 1 saturated heterocycles. The Kier molecular flexibility index (Phi) is 9.04. The van der Waals surface area contributed by atoms with Gasteiger partial charge in [-0.1, -0.05) is 36.8 Å². The van der Waals surface area contributed by atoms with Gasteiger partial charge < -0.3 is 24.0 Å². The van der Waals surface area contributed by atoms with E-state index in [4.69, 9.17) is 9.72 Å². The van der Waals surface area contributed by atoms with E-state index in [1.165, 1.54) is 11.3 Å². The number of carbonyl (C=O) groups excluding carboxylic acids is 2. The number of piperazine rings is 1. The van der Waals surface area contributed by atoms with Gasteiger partial charge >= 0.3 is 0 Å². The maximum Gasteiger partial charge on any atom is 0.273 e. The van der Waals surface area contributed by atoms with E-state index >= 15 is 0 Å². The average Bonchev–Trinajstić information content (AvgIpc) is 3.66. The lowest BCUT2D eigenvalue weighted by atomic mass is 10.1. The number of aryl methyl sites for hydroxylation is 1. The summed E-state index contributed by atoms with van der Waals surface area (Å²) in [5, 5.41) is 2.72. The number of ether oxygens (including phenoxy) is 1. The molecule has 0 spiro atoms. The maximum absolute atomic E-state index is 13.3. The standard InChI is InChI=1S/C32H37N5O3S/c1-4-15-37(31(38)25-13-11-24(2)12-14-25)21-26-8-7-16-36(26)22-30-33-27(23-41-30)32(39)35-19-17-34(18-20-35)28-9-5-6-10-29(28)40-3/h5-14,16,23H,4,15,17-22H2,1-3H3. The number of hydrogen-bond donors (Lipinski definition) is 0. The third-order valence-corrected chi connectivity index (χ3v) is 8.26. The number of para-hydroxylation sites is 2. The normalized spacial score (nSPS) is 13.3. The van der Waals surface area contributed by atoms with E-state index in [0.29, 0.717) is 44.0 Å². The van der Waals surface area contributed by atoms with Crippen molar-refractivity contribution >= 4 is 28.8 Å². The van der Waals surface area contributed by atoms with Crippen LogP contribution in [0.2, 0.25) is 0 Å². The zero-order valence-electron chi connectivity index (χ0n) is 24.0. The van der Waals surface area contributed by atoms with Crippen LogP contribution < -0.4 is 9.64 Å². The summed E-state index contributed by atoms with van der Waals surface area (Å²) in [6, 6.07) is 19.8. The summed E-state index contributed by atoms with van der Waals surface area (Å²) in [5.74, 6) is 0.850. The number of carbonyl (C=O) groups is 2. The minimum Gasteiger partial charge on any atom is -0.495 e. The van der Waals surface area contributed by atoms with Gasteiger partial charge in [0.05, 0.1) is 25.9 Å². The van der Waals surface area contributed by atoms with Crippen LogP contribution in [0.3, 0.4) is 0 Å². The van der Waals surface area contributed by atoms with Gasteiger partial charge in [0.2, 0.25) is 0 Å². The number of benzene rings is 2. The largest absolute Gasteiger partial charge is 0.495 e. The topological polar surface area (TPSA) is 70.9 Å². The van der Waals surface area contributed by atoms with Gasteiger partial charge in [-0.15, -0.1) is 11.3 Å². The Morgan fingerprint density at radius 1 is 1.00 bits per heavy atom. The second kappa shape index (κ2) is 13.0. The molecule has 5 rings (SSSR count). The summed E-state index contributed by atoms with van der Waals surface area (Å²) in [6.45, 7) is 8.60. The van der Waals surface area contributed by atoms with Gasteiger partial charge in [0.15, 0.2) is 0 Å². The Morgan fingerprint density at radius 3 is 2.49 bits per heavy atom. The molecule has 0 radical (unpaired) electrons. The molecule has 3 heterocycles. The molecule has 0 N–H and O–H groups in total. The van der Waals surface area contributed by atoms with Gasteiger partial charge in [-0.2, -0.15) is 0 Å². The van der Waals surface area contributed by atoms with Gasteiger partial charge in [0.1, 0.15) is 16.5 Å². The fourth-order valence-corrected chi connectivity index (χ4v) is 5.94. The molecule has 41 heavy (non-hydrogen) atoms. The van der Waals surface area contributed by atoms with Gasteiger partial charge in [-0.05, 0) is 49.7 Å². The number of rotatable bonds is 10. The first-order valence-electron chi connectivity index (χ1n) is 14.1. The number of aromatic nitrogens is 2. The van der Waals surface area contributed by atoms with E-state index in [2.05, 4.69) is 22.5 Å². The fraction of sp³-hybridized carbons (Fsp3) is 0.344. The number of amides is 2. The minimum absolute atomic E-state index is 0.0299. The number of thiazole rings is 1. The van der Waals surface area contributed by atoms with Crippen molar-refractivity contribution in [3.8, 4) is 5.75 Å². The van der Waals surface area contributed by atoms with Gasteiger partial charge in [0, 0.05) is 55.6 Å². The zero-order valence-corrected chi connectivity index (χ0v) is 24.8. The van der Waals surface area contributed by atoms with Crippen molar-refractivity contribution in [1.29, 1.82) is 0 Å². The molecule has 1 fully saturated rings. The first kappa shape index (κ1) is 28.4. The van der Waals surface area contributed by atoms with Gasteiger partial charge in [0.25, 0.3) is 11.8 Å². The summed E-state index contributed by atoms with van der Waals surface area (Å²) in [4.78, 5) is 37.3. The molecule has 9 heteroatoms. The van der Waals surface area contributed by atoms with Crippen LogP contribution in [0, 0.1) is 6.92 Å². The van der Waals surface area contributed by atoms with Crippen molar-refractivity contribution in [3.05, 3.63) is 99.8 Å². The highest BCUT2D eigenvalue weighted by molar-refractivity contribution is 7.09. The predicted octanol–water partition coefficient (Wildman–Crippen LogP) is 5.32. The lowest BCUT2D eigenvalue weighted by Gasteiger charge is -2.36. The quantitative estimate of drug-likeness (QED) is 0.258. The lowest BCUT2D eigenvalue weighted by Crippen LogP contribution is -2.49. The Morgan fingerprint density at radius 2 is 1.76 bits per heavy atom. The van der Waals surface area contributed by atoms with Gasteiger partial charge in [-0.25, -0.2) is 4.98 Å². The number of hydrogen-bond acceptors (Lipinski definition) is 6. The van der Waals surface area contributed by atoms with E-state index in [1.54, 1.807) is 7.11 Å². The first-order chi connectivity index (χ1) is 20.0. The first-order valence-corrected chi connectivity index (χ1v) is 15.0. The van der Waals surface area contributed by atoms with Crippen molar-refractivity contribution < 1.29 is 14.3 Å². The Hall–Kier alpha value is -4.11. The zero-order chi connectivity index (χ0) is 28.8. The van der Waals surface area contributed by atoms with Crippen molar-refractivity contribution in [2.24, 2.45) is 0 Å². The Labute approximate surface area is 245 Å². The number of nitrogens with zero attached hydrogens (tertiary/aromatic N) is 5. The van der Waals surface area contributed by atoms with Crippen molar-refractivity contribution in [3.63, 3.8) is 0 Å². The van der Waals surface area contributed by atoms with Crippen LogP contribution in [0.1, 0.15) is 50.5 Å². The molecule has 0 bridgehead atoms. The molecule has 0 saturated carbocycles. The lowest BCUT2D eigenvalue weighted by molar-refractivity contribution is 0.0732. The average molecular weight is 572 g/mol. The molecule has 0 aliphatic carbocycles. The van der Waals surface area contributed by atoms with E-state index in [-0.39, 0.29) is 11.8 Å². The summed E-state index contributed by atoms with van der Waals surface area (Å²) in [5.41, 5.74) is 4.42. The summed E-state index contributed by atoms with van der Waals surface area (Å²) >= 11 is 1.50. The van der Waals surface area contributed by atoms with Crippen molar-refractivity contribution in [1.82, 2.24) is 19.4 Å². The molecule has 2 aromatic heterocycles. The summed E-state index contributed by atoms with van der Waals surface area (Å²) < 4.78 is 7.63. The predicted molar refractivity (Wildman–Crippen MR) is 163 cm³/mol. The molecule has 0 unspecified atom stereocenters. The third-order valence-electron chi connectivity index (χ3n) is 7.42. The molecule has 214 valence electrons. The van der Waals surface area contributed by atoms with Gasteiger partial charge in [-0.3, -0.25) is 9.59 Å². The SMILES string of the molecule is CCCN(Cc1cccn1Cc1nc(C(=O)N2CCN(c3ccccc3OC)CC2)cs1)C(=O)c1ccc(C)cc1. The number of methoxy groups -OCH3 is 1. The van der Waals surface area contributed by atoms with Crippen LogP contribution in [0.4, 0.5) is 5.69 Å². The van der Waals surface area contributed by atoms with Crippen LogP contribution in [0.15, 0.2) is 72.2 Å². The molecule has 2 aromatic carbocycles. The smallest absolute Gasteiger partial charge is 0.273 e. The minimum atomic E-state index is -0.0299. The monoisotopic (exact) mass is 571 g/mol. The second-order valence-corrected chi connectivity index (χ2v) is 11.2. The molecule has 1 aliphatic rings. The van der Waals surface area contributed by atoms with E-state index in [1.807, 2.05) is 82.9 Å². The fourth-order valence-electron chi connectivity index (χ4n) is 5.17. The van der Waals surface area contributed by atoms with Crippen LogP contribution in [-0.4, -0.2) is 71.0 Å². The molecule has 0 atom stereocenters. The summed E-state index contributed by atoms with van der Waals surface area (Å²) in [6.07, 6.45) is 2.89. The molecule has 2 amide bonds. The van der Waals surface area contributed by atoms with E-state index in [9.17, 15) is 9.59 Å². The number of anilines is 1. The van der Waals surface area contributed by atoms with E-state index < -0.39 is 0 Å². The molecule has 4 aromatic rings. The second-order valence-electron chi connectivity index (χ2n) is 10.3. The third kappa shape index (κ3) is 6.62. The Bertz CT molecular complexity index is 1470. The van der Waals surface area contributed by atoms with Crippen molar-refractivity contribution in [2.75, 3.05) is 44.7 Å². The van der Waals surface area contributed by atoms with Crippen molar-refractivity contribution in [2.45, 2.75) is 33.4 Å². The molecule has 8 nitrogen and oxygen atoms in total. The van der Waals surface area contributed by atoms with Crippen LogP contribution in [0.5, 0.6) is 5.75 Å². The highest BCUT2D eigenvalue weighted by Gasteiger charge is 2.25. The Balaban J connectivity index is 1.21. The van der Waals surface area contributed by atoms with Crippen LogP contribution in [-0.2, 0) is 13.1 Å². The highest BCUT2D eigenvalue weighted by atomic mass is 32.1. The molecular weight excluding hydrogens is 534 g/mol. The molecular formula is C32H37N5O3S. The summed E-state index contributed by atoms with van der Waals surface area (Å²) in [7, 11) is 1.68. The van der Waals surface area contributed by atoms with Crippen LogP contribution >= 0.6 is 11.3 Å². The van der Waals surface area contributed by atoms with E-state index in [0.717, 1.165) is 47.2 Å². The highest BCUT2D eigenvalue weighted by Crippen LogP contribution is 2.28. The maximum atomic E-state index is 13.3. The molecule has 1 aliphatic heterocycles.